The van der Waals surface area contributed by atoms with E-state index in [0.717, 1.165) is 0 Å². The Bertz CT molecular complexity index is 852. The smallest absolute Gasteiger partial charge is 0.339 e. The van der Waals surface area contributed by atoms with Crippen molar-refractivity contribution in [3.8, 4) is 0 Å². The van der Waals surface area contributed by atoms with Crippen molar-refractivity contribution in [1.29, 1.82) is 0 Å². The molecule has 150 valence electrons. The second-order valence-electron chi connectivity index (χ2n) is 7.43. The first-order chi connectivity index (χ1) is 13.0. The first-order valence-electron chi connectivity index (χ1n) is 8.60. The molecule has 1 heterocycles. The maximum Gasteiger partial charge on any atom is 0.339 e. The Morgan fingerprint density at radius 2 is 1.96 bits per heavy atom. The van der Waals surface area contributed by atoms with Crippen LogP contribution in [0.15, 0.2) is 35.5 Å². The number of rotatable bonds is 5. The molecular weight excluding hydrogens is 368 g/mol. The van der Waals surface area contributed by atoms with Crippen molar-refractivity contribution < 1.29 is 28.8 Å². The molecule has 9 nitrogen and oxygen atoms in total. The van der Waals surface area contributed by atoms with E-state index in [1.807, 2.05) is 0 Å². The summed E-state index contributed by atoms with van der Waals surface area (Å²) in [4.78, 5) is 46.8. The third-order valence-electron chi connectivity index (χ3n) is 4.16. The van der Waals surface area contributed by atoms with Gasteiger partial charge in [-0.3, -0.25) is 19.7 Å². The molecule has 1 atom stereocenters. The lowest BCUT2D eigenvalue weighted by atomic mass is 9.84. The number of nitro benzene ring substituents is 1. The van der Waals surface area contributed by atoms with Crippen LogP contribution in [0.1, 0.15) is 45.6 Å². The molecular formula is C19H22N2O7. The van der Waals surface area contributed by atoms with E-state index < -0.39 is 35.0 Å². The number of amides is 1. The molecule has 0 bridgehead atoms. The zero-order valence-corrected chi connectivity index (χ0v) is 16.1. The van der Waals surface area contributed by atoms with Crippen molar-refractivity contribution in [3.63, 3.8) is 0 Å². The van der Waals surface area contributed by atoms with Crippen molar-refractivity contribution in [2.45, 2.75) is 40.0 Å². The summed E-state index contributed by atoms with van der Waals surface area (Å²) in [6.07, 6.45) is -0.0648. The van der Waals surface area contributed by atoms with Crippen molar-refractivity contribution in [2.24, 2.45) is 5.41 Å². The monoisotopic (exact) mass is 390 g/mol. The van der Waals surface area contributed by atoms with E-state index >= 15 is 0 Å². The van der Waals surface area contributed by atoms with Crippen molar-refractivity contribution in [2.75, 3.05) is 6.79 Å². The van der Waals surface area contributed by atoms with E-state index in [-0.39, 0.29) is 23.6 Å². The van der Waals surface area contributed by atoms with E-state index in [1.165, 1.54) is 18.2 Å². The molecule has 1 N–H and O–H groups in total. The third kappa shape index (κ3) is 4.93. The highest BCUT2D eigenvalue weighted by molar-refractivity contribution is 5.95. The summed E-state index contributed by atoms with van der Waals surface area (Å²) in [6, 6.07) is 5.75. The van der Waals surface area contributed by atoms with Crippen LogP contribution in [0.25, 0.3) is 0 Å². The summed E-state index contributed by atoms with van der Waals surface area (Å²) in [7, 11) is 0. The van der Waals surface area contributed by atoms with Gasteiger partial charge in [0.05, 0.1) is 15.9 Å². The van der Waals surface area contributed by atoms with Crippen molar-refractivity contribution in [1.82, 2.24) is 5.32 Å². The summed E-state index contributed by atoms with van der Waals surface area (Å²) in [6.45, 7) is 5.97. The minimum atomic E-state index is -0.768. The number of ether oxygens (including phenoxy) is 2. The number of hydrogen-bond donors (Lipinski definition) is 1. The molecule has 1 aromatic rings. The van der Waals surface area contributed by atoms with Gasteiger partial charge in [0.2, 0.25) is 12.7 Å². The number of allylic oxidation sites excluding steroid dienone is 1. The van der Waals surface area contributed by atoms with E-state index in [9.17, 15) is 24.5 Å². The van der Waals surface area contributed by atoms with Crippen molar-refractivity contribution >= 4 is 23.5 Å². The minimum Gasteiger partial charge on any atom is -0.427 e. The summed E-state index contributed by atoms with van der Waals surface area (Å²) in [5.74, 6) is -2.32. The summed E-state index contributed by atoms with van der Waals surface area (Å²) in [5, 5.41) is 13.6. The highest BCUT2D eigenvalue weighted by Gasteiger charge is 2.34. The summed E-state index contributed by atoms with van der Waals surface area (Å²) >= 11 is 0. The van der Waals surface area contributed by atoms with Crippen LogP contribution in [-0.2, 0) is 23.9 Å². The van der Waals surface area contributed by atoms with Gasteiger partial charge < -0.3 is 14.8 Å². The van der Waals surface area contributed by atoms with Crippen LogP contribution < -0.4 is 5.32 Å². The second-order valence-corrected chi connectivity index (χ2v) is 7.43. The molecule has 2 rings (SSSR count). The Kier molecular flexibility index (Phi) is 6.17. The zero-order chi connectivity index (χ0) is 21.1. The Hall–Kier alpha value is -3.23. The lowest BCUT2D eigenvalue weighted by Gasteiger charge is -2.26. The fourth-order valence-electron chi connectivity index (χ4n) is 2.74. The number of esters is 2. The first kappa shape index (κ1) is 21.1. The maximum absolute atomic E-state index is 12.6. The fourth-order valence-corrected chi connectivity index (χ4v) is 2.74. The van der Waals surface area contributed by atoms with Crippen LogP contribution in [0.4, 0.5) is 5.69 Å². The molecule has 0 spiro atoms. The quantitative estimate of drug-likeness (QED) is 0.354. The molecule has 0 aromatic heterocycles. The molecule has 1 amide bonds. The Balaban J connectivity index is 2.23. The molecule has 0 saturated heterocycles. The number of carbonyl (C=O) groups excluding carboxylic acids is 3. The SMILES string of the molecule is CC1=C(C(=O)OCOC(=O)C(C)(C)C)[C@H](c2cccc([N+](=O)[O-])c2)CC(=O)N1. The molecule has 1 aromatic carbocycles. The van der Waals surface area contributed by atoms with Gasteiger partial charge in [0.25, 0.3) is 5.69 Å². The standard InChI is InChI=1S/C19H22N2O7/c1-11-16(17(23)27-10-28-18(24)19(2,3)4)14(9-15(22)20-11)12-6-5-7-13(8-12)21(25)26/h5-8,14H,9-10H2,1-4H3,(H,20,22)/t14-/m0/s1. The molecule has 28 heavy (non-hydrogen) atoms. The van der Waals surface area contributed by atoms with Gasteiger partial charge in [-0.15, -0.1) is 0 Å². The normalized spacial score (nSPS) is 17.0. The predicted molar refractivity (Wildman–Crippen MR) is 97.8 cm³/mol. The number of hydrogen-bond acceptors (Lipinski definition) is 7. The Morgan fingerprint density at radius 1 is 1.29 bits per heavy atom. The number of non-ortho nitro benzene ring substituents is 1. The van der Waals surface area contributed by atoms with Crippen LogP contribution in [-0.4, -0.2) is 29.6 Å². The van der Waals surface area contributed by atoms with Gasteiger partial charge in [-0.1, -0.05) is 12.1 Å². The third-order valence-corrected chi connectivity index (χ3v) is 4.16. The molecule has 1 aliphatic heterocycles. The number of carbonyl (C=O) groups is 3. The average molecular weight is 390 g/mol. The summed E-state index contributed by atoms with van der Waals surface area (Å²) < 4.78 is 9.99. The topological polar surface area (TPSA) is 125 Å². The molecule has 9 heteroatoms. The lowest BCUT2D eigenvalue weighted by molar-refractivity contribution is -0.384. The summed E-state index contributed by atoms with van der Waals surface area (Å²) in [5.41, 5.74) is 0.00754. The lowest BCUT2D eigenvalue weighted by Crippen LogP contribution is -2.34. The van der Waals surface area contributed by atoms with Crippen molar-refractivity contribution in [3.05, 3.63) is 51.2 Å². The largest absolute Gasteiger partial charge is 0.427 e. The van der Waals surface area contributed by atoms with Gasteiger partial charge in [0.15, 0.2) is 0 Å². The van der Waals surface area contributed by atoms with Gasteiger partial charge in [-0.25, -0.2) is 4.79 Å². The van der Waals surface area contributed by atoms with E-state index in [4.69, 9.17) is 9.47 Å². The molecule has 0 unspecified atom stereocenters. The number of benzene rings is 1. The van der Waals surface area contributed by atoms with Crippen LogP contribution in [0.2, 0.25) is 0 Å². The van der Waals surface area contributed by atoms with Gasteiger partial charge in [0, 0.05) is 30.2 Å². The Labute approximate surface area is 161 Å². The van der Waals surface area contributed by atoms with Crippen LogP contribution in [0.5, 0.6) is 0 Å². The molecule has 0 saturated carbocycles. The van der Waals surface area contributed by atoms with Gasteiger partial charge >= 0.3 is 11.9 Å². The maximum atomic E-state index is 12.6. The fraction of sp³-hybridized carbons (Fsp3) is 0.421. The highest BCUT2D eigenvalue weighted by Crippen LogP contribution is 2.34. The average Bonchev–Trinajstić information content (AvgIpc) is 2.60. The van der Waals surface area contributed by atoms with E-state index in [1.54, 1.807) is 33.8 Å². The first-order valence-corrected chi connectivity index (χ1v) is 8.60. The van der Waals surface area contributed by atoms with Crippen LogP contribution in [0, 0.1) is 15.5 Å². The highest BCUT2D eigenvalue weighted by atomic mass is 16.7. The molecule has 0 radical (unpaired) electrons. The molecule has 1 aliphatic rings. The van der Waals surface area contributed by atoms with Gasteiger partial charge in [-0.2, -0.15) is 0 Å². The minimum absolute atomic E-state index is 0.0648. The van der Waals surface area contributed by atoms with Gasteiger partial charge in [-0.05, 0) is 33.3 Å². The Morgan fingerprint density at radius 3 is 2.57 bits per heavy atom. The number of nitro groups is 1. The van der Waals surface area contributed by atoms with Crippen LogP contribution >= 0.6 is 0 Å². The molecule has 0 aliphatic carbocycles. The molecule has 0 fully saturated rings. The number of nitrogens with zero attached hydrogens (tertiary/aromatic N) is 1. The van der Waals surface area contributed by atoms with Gasteiger partial charge in [0.1, 0.15) is 0 Å². The van der Waals surface area contributed by atoms with Crippen LogP contribution in [0.3, 0.4) is 0 Å². The zero-order valence-electron chi connectivity index (χ0n) is 16.1. The predicted octanol–water partition coefficient (Wildman–Crippen LogP) is 2.56. The second kappa shape index (κ2) is 8.20. The van der Waals surface area contributed by atoms with E-state index in [2.05, 4.69) is 5.32 Å². The van der Waals surface area contributed by atoms with E-state index in [0.29, 0.717) is 11.3 Å². The number of nitrogens with one attached hydrogen (secondary N) is 1.